The average Bonchev–Trinajstić information content (AvgIpc) is 3.09. The molecule has 2 heterocycles. The summed E-state index contributed by atoms with van der Waals surface area (Å²) in [4.78, 5) is 29.4. The maximum absolute atomic E-state index is 13.1. The number of halogens is 1. The monoisotopic (exact) mass is 361 g/mol. The number of oxazole rings is 1. The van der Waals surface area contributed by atoms with E-state index in [0.717, 1.165) is 0 Å². The van der Waals surface area contributed by atoms with Crippen molar-refractivity contribution in [3.05, 3.63) is 47.9 Å². The van der Waals surface area contributed by atoms with Crippen LogP contribution in [0.1, 0.15) is 36.1 Å². The molecule has 26 heavy (non-hydrogen) atoms. The quantitative estimate of drug-likeness (QED) is 0.882. The highest BCUT2D eigenvalue weighted by Gasteiger charge is 2.25. The number of amides is 2. The first-order chi connectivity index (χ1) is 12.5. The first kappa shape index (κ1) is 17.9. The Balaban J connectivity index is 1.52. The van der Waals surface area contributed by atoms with E-state index in [1.54, 1.807) is 17.0 Å². The molecule has 0 saturated carbocycles. The summed E-state index contributed by atoms with van der Waals surface area (Å²) in [6.07, 6.45) is 2.71. The molecule has 0 atom stereocenters. The third kappa shape index (κ3) is 4.59. The summed E-state index contributed by atoms with van der Waals surface area (Å²) in [7, 11) is 0. The number of rotatable bonds is 5. The lowest BCUT2D eigenvalue weighted by atomic mass is 10.0. The van der Waals surface area contributed by atoms with Gasteiger partial charge >= 0.3 is 0 Å². The second kappa shape index (κ2) is 7.99. The molecule has 0 radical (unpaired) electrons. The Kier molecular flexibility index (Phi) is 5.50. The molecule has 1 aromatic heterocycles. The predicted octanol–water partition coefficient (Wildman–Crippen LogP) is 2.13. The second-order valence-corrected chi connectivity index (χ2v) is 6.14. The topological polar surface area (TPSA) is 84.7 Å². The minimum Gasteiger partial charge on any atom is -0.484 e. The van der Waals surface area contributed by atoms with Gasteiger partial charge in [0.05, 0.1) is 0 Å². The number of piperidine rings is 1. The first-order valence-corrected chi connectivity index (χ1v) is 8.40. The molecule has 7 nitrogen and oxygen atoms in total. The van der Waals surface area contributed by atoms with Crippen LogP contribution < -0.4 is 10.1 Å². The van der Waals surface area contributed by atoms with E-state index in [-0.39, 0.29) is 36.0 Å². The van der Waals surface area contributed by atoms with Gasteiger partial charge in [-0.3, -0.25) is 9.59 Å². The number of carbonyl (C=O) groups is 2. The Hall–Kier alpha value is -2.90. The van der Waals surface area contributed by atoms with Gasteiger partial charge < -0.3 is 19.4 Å². The van der Waals surface area contributed by atoms with Crippen molar-refractivity contribution < 1.29 is 23.1 Å². The van der Waals surface area contributed by atoms with Crippen LogP contribution in [0.4, 0.5) is 4.39 Å². The van der Waals surface area contributed by atoms with Crippen molar-refractivity contribution in [1.29, 1.82) is 0 Å². The molecule has 8 heteroatoms. The number of nitrogens with zero attached hydrogens (tertiary/aromatic N) is 2. The number of ether oxygens (including phenoxy) is 1. The molecule has 2 aromatic rings. The Labute approximate surface area is 150 Å². The standard InChI is InChI=1S/C18H20FN3O4/c1-12(23)20-14-5-7-22(8-6-14)18(24)16-10-26-17(21-16)11-25-15-4-2-3-13(19)9-15/h2-4,9-10,14H,5-8,11H2,1H3,(H,20,23). The fourth-order valence-electron chi connectivity index (χ4n) is 2.85. The molecule has 1 saturated heterocycles. The summed E-state index contributed by atoms with van der Waals surface area (Å²) >= 11 is 0. The minimum atomic E-state index is -0.395. The Morgan fingerprint density at radius 2 is 2.15 bits per heavy atom. The highest BCUT2D eigenvalue weighted by Crippen LogP contribution is 2.16. The molecular formula is C18H20FN3O4. The van der Waals surface area contributed by atoms with Gasteiger partial charge in [-0.15, -0.1) is 0 Å². The Morgan fingerprint density at radius 1 is 1.38 bits per heavy atom. The summed E-state index contributed by atoms with van der Waals surface area (Å²) in [6, 6.07) is 5.85. The normalized spacial score (nSPS) is 14.9. The van der Waals surface area contributed by atoms with Crippen molar-refractivity contribution in [3.63, 3.8) is 0 Å². The first-order valence-electron chi connectivity index (χ1n) is 8.40. The van der Waals surface area contributed by atoms with E-state index in [9.17, 15) is 14.0 Å². The van der Waals surface area contributed by atoms with Crippen LogP contribution >= 0.6 is 0 Å². The lowest BCUT2D eigenvalue weighted by molar-refractivity contribution is -0.119. The number of hydrogen-bond donors (Lipinski definition) is 1. The van der Waals surface area contributed by atoms with Gasteiger partial charge in [-0.05, 0) is 25.0 Å². The molecule has 1 aliphatic rings. The Morgan fingerprint density at radius 3 is 2.85 bits per heavy atom. The number of nitrogens with one attached hydrogen (secondary N) is 1. The number of hydrogen-bond acceptors (Lipinski definition) is 5. The highest BCUT2D eigenvalue weighted by molar-refractivity contribution is 5.92. The molecule has 2 amide bonds. The molecule has 0 aliphatic carbocycles. The second-order valence-electron chi connectivity index (χ2n) is 6.14. The summed E-state index contributed by atoms with van der Waals surface area (Å²) in [5, 5.41) is 2.87. The van der Waals surface area contributed by atoms with E-state index in [1.807, 2.05) is 0 Å². The highest BCUT2D eigenvalue weighted by atomic mass is 19.1. The van der Waals surface area contributed by atoms with Crippen molar-refractivity contribution in [3.8, 4) is 5.75 Å². The summed E-state index contributed by atoms with van der Waals surface area (Å²) in [5.41, 5.74) is 0.209. The molecule has 1 N–H and O–H groups in total. The molecular weight excluding hydrogens is 341 g/mol. The van der Waals surface area contributed by atoms with Crippen LogP contribution in [0.25, 0.3) is 0 Å². The van der Waals surface area contributed by atoms with Crippen molar-refractivity contribution in [1.82, 2.24) is 15.2 Å². The van der Waals surface area contributed by atoms with Gasteiger partial charge in [0.2, 0.25) is 11.8 Å². The maximum atomic E-state index is 13.1. The van der Waals surface area contributed by atoms with E-state index in [4.69, 9.17) is 9.15 Å². The smallest absolute Gasteiger partial charge is 0.275 e. The van der Waals surface area contributed by atoms with E-state index < -0.39 is 5.82 Å². The molecule has 1 aromatic carbocycles. The zero-order chi connectivity index (χ0) is 18.5. The molecule has 0 bridgehead atoms. The van der Waals surface area contributed by atoms with Crippen molar-refractivity contribution in [2.45, 2.75) is 32.4 Å². The lowest BCUT2D eigenvalue weighted by Gasteiger charge is -2.31. The Bertz CT molecular complexity index is 784. The van der Waals surface area contributed by atoms with Gasteiger partial charge in [0.15, 0.2) is 12.3 Å². The van der Waals surface area contributed by atoms with Gasteiger partial charge in [0, 0.05) is 32.1 Å². The molecule has 0 unspecified atom stereocenters. The van der Waals surface area contributed by atoms with Gasteiger partial charge in [0.1, 0.15) is 17.8 Å². The molecule has 138 valence electrons. The van der Waals surface area contributed by atoms with Crippen LogP contribution in [0.3, 0.4) is 0 Å². The largest absolute Gasteiger partial charge is 0.484 e. The summed E-state index contributed by atoms with van der Waals surface area (Å²) < 4.78 is 23.8. The molecule has 1 fully saturated rings. The number of benzene rings is 1. The van der Waals surface area contributed by atoms with Crippen molar-refractivity contribution >= 4 is 11.8 Å². The minimum absolute atomic E-state index is 0.00133. The van der Waals surface area contributed by atoms with Crippen LogP contribution in [-0.4, -0.2) is 40.8 Å². The maximum Gasteiger partial charge on any atom is 0.275 e. The SMILES string of the molecule is CC(=O)NC1CCN(C(=O)c2coc(COc3cccc(F)c3)n2)CC1. The van der Waals surface area contributed by atoms with Crippen molar-refractivity contribution in [2.75, 3.05) is 13.1 Å². The fraction of sp³-hybridized carbons (Fsp3) is 0.389. The van der Waals surface area contributed by atoms with E-state index in [2.05, 4.69) is 10.3 Å². The van der Waals surface area contributed by atoms with E-state index in [0.29, 0.717) is 31.7 Å². The van der Waals surface area contributed by atoms with Crippen LogP contribution in [0.2, 0.25) is 0 Å². The van der Waals surface area contributed by atoms with E-state index in [1.165, 1.54) is 25.3 Å². The third-order valence-corrected chi connectivity index (χ3v) is 4.12. The summed E-state index contributed by atoms with van der Waals surface area (Å²) in [5.74, 6) is -0.0726. The van der Waals surface area contributed by atoms with Crippen LogP contribution in [0.5, 0.6) is 5.75 Å². The van der Waals surface area contributed by atoms with Gasteiger partial charge in [-0.1, -0.05) is 6.07 Å². The number of likely N-dealkylation sites (tertiary alicyclic amines) is 1. The number of aromatic nitrogens is 1. The van der Waals surface area contributed by atoms with Crippen molar-refractivity contribution in [2.24, 2.45) is 0 Å². The molecule has 3 rings (SSSR count). The predicted molar refractivity (Wildman–Crippen MR) is 90.0 cm³/mol. The van der Waals surface area contributed by atoms with Crippen LogP contribution in [0.15, 0.2) is 34.9 Å². The molecule has 1 aliphatic heterocycles. The van der Waals surface area contributed by atoms with Gasteiger partial charge in [0.25, 0.3) is 5.91 Å². The van der Waals surface area contributed by atoms with Crippen LogP contribution in [0, 0.1) is 5.82 Å². The fourth-order valence-corrected chi connectivity index (χ4v) is 2.85. The van der Waals surface area contributed by atoms with Gasteiger partial charge in [-0.2, -0.15) is 0 Å². The van der Waals surface area contributed by atoms with Gasteiger partial charge in [-0.25, -0.2) is 9.37 Å². The lowest BCUT2D eigenvalue weighted by Crippen LogP contribution is -2.46. The summed E-state index contributed by atoms with van der Waals surface area (Å²) in [6.45, 7) is 2.58. The zero-order valence-corrected chi connectivity index (χ0v) is 14.4. The zero-order valence-electron chi connectivity index (χ0n) is 14.4. The molecule has 0 spiro atoms. The average molecular weight is 361 g/mol. The van der Waals surface area contributed by atoms with Crippen LogP contribution in [-0.2, 0) is 11.4 Å². The number of carbonyl (C=O) groups excluding carboxylic acids is 2. The third-order valence-electron chi connectivity index (χ3n) is 4.12. The van der Waals surface area contributed by atoms with E-state index >= 15 is 0 Å².